The van der Waals surface area contributed by atoms with Crippen LogP contribution in [0.5, 0.6) is 0 Å². The van der Waals surface area contributed by atoms with Gasteiger partial charge >= 0.3 is 0 Å². The minimum absolute atomic E-state index is 0.0382. The molecule has 0 aromatic heterocycles. The summed E-state index contributed by atoms with van der Waals surface area (Å²) in [7, 11) is 0. The highest BCUT2D eigenvalue weighted by Gasteiger charge is 2.26. The molecule has 4 heteroatoms. The quantitative estimate of drug-likeness (QED) is 0.861. The van der Waals surface area contributed by atoms with E-state index in [0.717, 1.165) is 36.4 Å². The summed E-state index contributed by atoms with van der Waals surface area (Å²) in [5.41, 5.74) is 2.50. The third-order valence-electron chi connectivity index (χ3n) is 5.49. The molecule has 0 saturated heterocycles. The first-order valence-corrected chi connectivity index (χ1v) is 9.39. The van der Waals surface area contributed by atoms with Gasteiger partial charge < -0.3 is 10.6 Å². The molecule has 1 aromatic rings. The molecule has 0 unspecified atom stereocenters. The zero-order valence-corrected chi connectivity index (χ0v) is 14.6. The van der Waals surface area contributed by atoms with Gasteiger partial charge in [-0.05, 0) is 55.7 Å². The predicted molar refractivity (Wildman–Crippen MR) is 96.1 cm³/mol. The molecule has 130 valence electrons. The molecule has 3 rings (SSSR count). The summed E-state index contributed by atoms with van der Waals surface area (Å²) in [4.78, 5) is 24.4. The first kappa shape index (κ1) is 17.0. The Balaban J connectivity index is 1.56. The van der Waals surface area contributed by atoms with Gasteiger partial charge in [-0.2, -0.15) is 0 Å². The van der Waals surface area contributed by atoms with Gasteiger partial charge in [0.25, 0.3) is 5.91 Å². The number of fused-ring (bicyclic) bond motifs is 1. The molecule has 2 N–H and O–H groups in total. The Morgan fingerprint density at radius 2 is 2.04 bits per heavy atom. The lowest BCUT2D eigenvalue weighted by atomic mass is 9.79. The van der Waals surface area contributed by atoms with Crippen LogP contribution in [0.25, 0.3) is 0 Å². The van der Waals surface area contributed by atoms with Gasteiger partial charge in [-0.25, -0.2) is 0 Å². The molecule has 1 aliphatic carbocycles. The highest BCUT2D eigenvalue weighted by Crippen LogP contribution is 2.32. The predicted octanol–water partition coefficient (Wildman–Crippen LogP) is 3.91. The van der Waals surface area contributed by atoms with E-state index in [1.807, 2.05) is 18.2 Å². The molecular weight excluding hydrogens is 300 g/mol. The molecule has 0 bridgehead atoms. The van der Waals surface area contributed by atoms with Gasteiger partial charge in [-0.3, -0.25) is 9.59 Å². The Morgan fingerprint density at radius 1 is 1.25 bits per heavy atom. The monoisotopic (exact) mass is 328 g/mol. The molecule has 2 amide bonds. The minimum Gasteiger partial charge on any atom is -0.352 e. The van der Waals surface area contributed by atoms with Crippen LogP contribution in [0.2, 0.25) is 0 Å². The van der Waals surface area contributed by atoms with E-state index in [4.69, 9.17) is 0 Å². The van der Waals surface area contributed by atoms with Crippen molar-refractivity contribution in [1.82, 2.24) is 5.32 Å². The number of nitrogens with one attached hydrogen (secondary N) is 2. The van der Waals surface area contributed by atoms with Crippen molar-refractivity contribution in [1.29, 1.82) is 0 Å². The van der Waals surface area contributed by atoms with Gasteiger partial charge in [0.15, 0.2) is 0 Å². The first-order chi connectivity index (χ1) is 11.7. The Hall–Kier alpha value is -1.84. The molecule has 1 heterocycles. The van der Waals surface area contributed by atoms with E-state index in [1.165, 1.54) is 32.1 Å². The summed E-state index contributed by atoms with van der Waals surface area (Å²) in [5.74, 6) is 0.998. The number of carbonyl (C=O) groups is 2. The average Bonchev–Trinajstić information content (AvgIpc) is 2.61. The highest BCUT2D eigenvalue weighted by atomic mass is 16.2. The van der Waals surface area contributed by atoms with Gasteiger partial charge in [0.1, 0.15) is 0 Å². The van der Waals surface area contributed by atoms with Crippen molar-refractivity contribution in [2.75, 3.05) is 11.9 Å². The normalized spacial score (nSPS) is 23.3. The Bertz CT molecular complexity index is 604. The highest BCUT2D eigenvalue weighted by molar-refractivity contribution is 5.99. The van der Waals surface area contributed by atoms with E-state index < -0.39 is 0 Å². The van der Waals surface area contributed by atoms with Crippen LogP contribution in [0, 0.1) is 11.8 Å². The first-order valence-electron chi connectivity index (χ1n) is 9.39. The van der Waals surface area contributed by atoms with E-state index in [2.05, 4.69) is 17.6 Å². The zero-order valence-electron chi connectivity index (χ0n) is 14.6. The van der Waals surface area contributed by atoms with Crippen molar-refractivity contribution in [3.63, 3.8) is 0 Å². The van der Waals surface area contributed by atoms with Crippen LogP contribution in [-0.2, 0) is 11.2 Å². The SMILES string of the molecule is CCCCC1CCC(C(=O)Nc2ccc3c(c2)C(=O)NCC3)CC1. The molecule has 4 nitrogen and oxygen atoms in total. The van der Waals surface area contributed by atoms with Crippen LogP contribution in [0.15, 0.2) is 18.2 Å². The summed E-state index contributed by atoms with van der Waals surface area (Å²) >= 11 is 0. The molecule has 2 aliphatic rings. The van der Waals surface area contributed by atoms with Gasteiger partial charge in [0.2, 0.25) is 5.91 Å². The lowest BCUT2D eigenvalue weighted by Crippen LogP contribution is -2.32. The van der Waals surface area contributed by atoms with Crippen molar-refractivity contribution in [2.24, 2.45) is 11.8 Å². The van der Waals surface area contributed by atoms with E-state index in [-0.39, 0.29) is 17.7 Å². The second-order valence-electron chi connectivity index (χ2n) is 7.23. The van der Waals surface area contributed by atoms with E-state index in [1.54, 1.807) is 0 Å². The van der Waals surface area contributed by atoms with Crippen LogP contribution in [0.1, 0.15) is 67.8 Å². The van der Waals surface area contributed by atoms with Crippen molar-refractivity contribution < 1.29 is 9.59 Å². The molecule has 0 radical (unpaired) electrons. The Kier molecular flexibility index (Phi) is 5.54. The third kappa shape index (κ3) is 3.97. The molecule has 1 aliphatic heterocycles. The van der Waals surface area contributed by atoms with E-state index in [0.29, 0.717) is 12.1 Å². The largest absolute Gasteiger partial charge is 0.352 e. The van der Waals surface area contributed by atoms with Gasteiger partial charge in [-0.15, -0.1) is 0 Å². The summed E-state index contributed by atoms with van der Waals surface area (Å²) < 4.78 is 0. The lowest BCUT2D eigenvalue weighted by molar-refractivity contribution is -0.121. The number of amides is 2. The molecule has 1 aromatic carbocycles. The smallest absolute Gasteiger partial charge is 0.251 e. The van der Waals surface area contributed by atoms with Crippen molar-refractivity contribution >= 4 is 17.5 Å². The fourth-order valence-corrected chi connectivity index (χ4v) is 3.94. The second kappa shape index (κ2) is 7.82. The Morgan fingerprint density at radius 3 is 2.79 bits per heavy atom. The summed E-state index contributed by atoms with van der Waals surface area (Å²) in [6.45, 7) is 2.93. The maximum atomic E-state index is 12.5. The molecule has 0 atom stereocenters. The summed E-state index contributed by atoms with van der Waals surface area (Å²) in [5, 5.41) is 5.87. The number of hydrogen-bond acceptors (Lipinski definition) is 2. The fourth-order valence-electron chi connectivity index (χ4n) is 3.94. The lowest BCUT2D eigenvalue weighted by Gasteiger charge is -2.28. The van der Waals surface area contributed by atoms with Gasteiger partial charge in [-0.1, -0.05) is 32.3 Å². The number of rotatable bonds is 5. The second-order valence-corrected chi connectivity index (χ2v) is 7.23. The van der Waals surface area contributed by atoms with Crippen molar-refractivity contribution in [3.8, 4) is 0 Å². The maximum absolute atomic E-state index is 12.5. The van der Waals surface area contributed by atoms with Crippen molar-refractivity contribution in [2.45, 2.75) is 58.3 Å². The Labute approximate surface area is 144 Å². The molecule has 24 heavy (non-hydrogen) atoms. The van der Waals surface area contributed by atoms with Crippen LogP contribution < -0.4 is 10.6 Å². The van der Waals surface area contributed by atoms with Crippen LogP contribution in [0.4, 0.5) is 5.69 Å². The molecule has 1 saturated carbocycles. The minimum atomic E-state index is -0.0382. The number of benzene rings is 1. The van der Waals surface area contributed by atoms with Crippen LogP contribution in [-0.4, -0.2) is 18.4 Å². The molecule has 0 spiro atoms. The standard InChI is InChI=1S/C20H28N2O2/c1-2-3-4-14-5-7-16(8-6-14)19(23)22-17-10-9-15-11-12-21-20(24)18(15)13-17/h9-10,13-14,16H,2-8,11-12H2,1H3,(H,21,24)(H,22,23). The summed E-state index contributed by atoms with van der Waals surface area (Å²) in [6.07, 6.45) is 9.06. The number of anilines is 1. The molecule has 1 fully saturated rings. The van der Waals surface area contributed by atoms with E-state index >= 15 is 0 Å². The average molecular weight is 328 g/mol. The number of carbonyl (C=O) groups excluding carboxylic acids is 2. The number of unbranched alkanes of at least 4 members (excludes halogenated alkanes) is 1. The molecular formula is C20H28N2O2. The van der Waals surface area contributed by atoms with Gasteiger partial charge in [0, 0.05) is 23.7 Å². The maximum Gasteiger partial charge on any atom is 0.251 e. The topological polar surface area (TPSA) is 58.2 Å². The third-order valence-corrected chi connectivity index (χ3v) is 5.49. The van der Waals surface area contributed by atoms with Crippen LogP contribution in [0.3, 0.4) is 0 Å². The summed E-state index contributed by atoms with van der Waals surface area (Å²) in [6, 6.07) is 5.70. The number of hydrogen-bond donors (Lipinski definition) is 2. The zero-order chi connectivity index (χ0) is 16.9. The van der Waals surface area contributed by atoms with Crippen LogP contribution >= 0.6 is 0 Å². The van der Waals surface area contributed by atoms with Gasteiger partial charge in [0.05, 0.1) is 0 Å². The van der Waals surface area contributed by atoms with E-state index in [9.17, 15) is 9.59 Å². The van der Waals surface area contributed by atoms with Crippen molar-refractivity contribution in [3.05, 3.63) is 29.3 Å². The fraction of sp³-hybridized carbons (Fsp3) is 0.600.